The number of nitriles is 1. The number of benzene rings is 1. The van der Waals surface area contributed by atoms with Crippen LogP contribution in [0.4, 0.5) is 10.1 Å². The number of carbonyl (C=O) groups is 1. The predicted octanol–water partition coefficient (Wildman–Crippen LogP) is 1.41. The lowest BCUT2D eigenvalue weighted by Crippen LogP contribution is -2.45. The minimum atomic E-state index is -0.786. The fraction of sp³-hybridized carbons (Fsp3) is 0.385. The number of ether oxygens (including phenoxy) is 1. The molecule has 110 valence electrons. The number of hydrogen-bond acceptors (Lipinski definition) is 5. The minimum absolute atomic E-state index is 0.0104. The molecule has 1 heterocycles. The Morgan fingerprint density at radius 1 is 1.62 bits per heavy atom. The van der Waals surface area contributed by atoms with Crippen LogP contribution in [0.15, 0.2) is 12.1 Å². The number of amides is 1. The van der Waals surface area contributed by atoms with E-state index in [-0.39, 0.29) is 36.5 Å². The van der Waals surface area contributed by atoms with Gasteiger partial charge in [0, 0.05) is 18.7 Å². The molecule has 1 aromatic rings. The fourth-order valence-electron chi connectivity index (χ4n) is 2.09. The van der Waals surface area contributed by atoms with Crippen molar-refractivity contribution >= 4 is 11.6 Å². The van der Waals surface area contributed by atoms with Crippen LogP contribution in [0.1, 0.15) is 15.9 Å². The molecule has 21 heavy (non-hydrogen) atoms. The van der Waals surface area contributed by atoms with E-state index in [0.717, 1.165) is 12.1 Å². The third-order valence-corrected chi connectivity index (χ3v) is 3.18. The van der Waals surface area contributed by atoms with E-state index < -0.39 is 22.8 Å². The zero-order valence-corrected chi connectivity index (χ0v) is 11.2. The highest BCUT2D eigenvalue weighted by Gasteiger charge is 2.28. The van der Waals surface area contributed by atoms with Crippen molar-refractivity contribution in [2.45, 2.75) is 13.0 Å². The summed E-state index contributed by atoms with van der Waals surface area (Å²) in [6.45, 7) is 1.74. The maximum absolute atomic E-state index is 14.1. The molecule has 0 aromatic heterocycles. The third kappa shape index (κ3) is 2.98. The van der Waals surface area contributed by atoms with Gasteiger partial charge >= 0.3 is 0 Å². The molecule has 7 nitrogen and oxygen atoms in total. The van der Waals surface area contributed by atoms with Crippen LogP contribution in [0.25, 0.3) is 0 Å². The van der Waals surface area contributed by atoms with Gasteiger partial charge in [-0.05, 0) is 12.5 Å². The predicted molar refractivity (Wildman–Crippen MR) is 69.0 cm³/mol. The van der Waals surface area contributed by atoms with Crippen LogP contribution in [0.3, 0.4) is 0 Å². The first kappa shape index (κ1) is 14.9. The average molecular weight is 293 g/mol. The second kappa shape index (κ2) is 5.85. The summed E-state index contributed by atoms with van der Waals surface area (Å²) in [5.74, 6) is -1.46. The van der Waals surface area contributed by atoms with Gasteiger partial charge in [0.1, 0.15) is 5.82 Å². The van der Waals surface area contributed by atoms with E-state index in [1.807, 2.05) is 6.07 Å². The van der Waals surface area contributed by atoms with Crippen molar-refractivity contribution in [3.8, 4) is 6.07 Å². The van der Waals surface area contributed by atoms with Gasteiger partial charge in [-0.1, -0.05) is 0 Å². The van der Waals surface area contributed by atoms with Gasteiger partial charge in [-0.3, -0.25) is 14.9 Å². The number of carbonyl (C=O) groups excluding carboxylic acids is 1. The van der Waals surface area contributed by atoms with Crippen molar-refractivity contribution in [3.63, 3.8) is 0 Å². The van der Waals surface area contributed by atoms with Crippen molar-refractivity contribution in [2.24, 2.45) is 0 Å². The number of morpholine rings is 1. The molecule has 2 rings (SSSR count). The molecule has 1 fully saturated rings. The van der Waals surface area contributed by atoms with E-state index in [4.69, 9.17) is 10.00 Å². The lowest BCUT2D eigenvalue weighted by Gasteiger charge is -2.29. The van der Waals surface area contributed by atoms with Crippen molar-refractivity contribution in [1.29, 1.82) is 5.26 Å². The van der Waals surface area contributed by atoms with Crippen LogP contribution in [-0.4, -0.2) is 41.5 Å². The number of nitro groups is 1. The Morgan fingerprint density at radius 2 is 2.33 bits per heavy atom. The van der Waals surface area contributed by atoms with Crippen LogP contribution in [0.2, 0.25) is 0 Å². The maximum atomic E-state index is 14.1. The molecule has 1 amide bonds. The highest BCUT2D eigenvalue weighted by molar-refractivity contribution is 5.95. The van der Waals surface area contributed by atoms with Crippen LogP contribution in [-0.2, 0) is 4.74 Å². The van der Waals surface area contributed by atoms with Crippen molar-refractivity contribution in [1.82, 2.24) is 4.90 Å². The molecule has 8 heteroatoms. The van der Waals surface area contributed by atoms with E-state index in [9.17, 15) is 19.3 Å². The number of hydrogen-bond donors (Lipinski definition) is 0. The molecule has 0 radical (unpaired) electrons. The molecule has 1 saturated heterocycles. The van der Waals surface area contributed by atoms with Gasteiger partial charge in [-0.15, -0.1) is 0 Å². The Morgan fingerprint density at radius 3 is 2.95 bits per heavy atom. The number of halogens is 1. The van der Waals surface area contributed by atoms with E-state index in [0.29, 0.717) is 0 Å². The standard InChI is InChI=1S/C13H12FN3O4/c1-8-4-9(17(19)20)5-11(12(8)14)13(18)16-2-3-21-10(6-15)7-16/h4-5,10H,2-3,7H2,1H3. The Labute approximate surface area is 119 Å². The largest absolute Gasteiger partial charge is 0.360 e. The summed E-state index contributed by atoms with van der Waals surface area (Å²) in [5.41, 5.74) is -0.680. The fourth-order valence-corrected chi connectivity index (χ4v) is 2.09. The van der Waals surface area contributed by atoms with Crippen LogP contribution in [0.5, 0.6) is 0 Å². The zero-order valence-electron chi connectivity index (χ0n) is 11.2. The first-order chi connectivity index (χ1) is 9.93. The molecule has 1 aromatic carbocycles. The van der Waals surface area contributed by atoms with E-state index in [1.54, 1.807) is 0 Å². The third-order valence-electron chi connectivity index (χ3n) is 3.18. The number of aryl methyl sites for hydroxylation is 1. The number of rotatable bonds is 2. The summed E-state index contributed by atoms with van der Waals surface area (Å²) >= 11 is 0. The minimum Gasteiger partial charge on any atom is -0.360 e. The lowest BCUT2D eigenvalue weighted by molar-refractivity contribution is -0.385. The first-order valence-electron chi connectivity index (χ1n) is 6.19. The second-order valence-electron chi connectivity index (χ2n) is 4.62. The summed E-state index contributed by atoms with van der Waals surface area (Å²) in [6.07, 6.45) is -0.773. The number of non-ortho nitro benzene ring substituents is 1. The molecule has 1 aliphatic rings. The van der Waals surface area contributed by atoms with Crippen LogP contribution in [0, 0.1) is 34.2 Å². The highest BCUT2D eigenvalue weighted by Crippen LogP contribution is 2.23. The van der Waals surface area contributed by atoms with Gasteiger partial charge in [0.15, 0.2) is 6.10 Å². The Kier molecular flexibility index (Phi) is 4.14. The smallest absolute Gasteiger partial charge is 0.270 e. The average Bonchev–Trinajstić information content (AvgIpc) is 2.49. The summed E-state index contributed by atoms with van der Waals surface area (Å²) < 4.78 is 19.2. The second-order valence-corrected chi connectivity index (χ2v) is 4.62. The van der Waals surface area contributed by atoms with E-state index in [1.165, 1.54) is 11.8 Å². The first-order valence-corrected chi connectivity index (χ1v) is 6.19. The number of nitrogens with zero attached hydrogens (tertiary/aromatic N) is 3. The van der Waals surface area contributed by atoms with Crippen molar-refractivity contribution in [2.75, 3.05) is 19.7 Å². The zero-order chi connectivity index (χ0) is 15.6. The molecule has 1 aliphatic heterocycles. The molecule has 1 unspecified atom stereocenters. The summed E-state index contributed by atoms with van der Waals surface area (Å²) in [7, 11) is 0. The van der Waals surface area contributed by atoms with Gasteiger partial charge in [0.05, 0.1) is 29.7 Å². The highest BCUT2D eigenvalue weighted by atomic mass is 19.1. The number of nitro benzene ring substituents is 1. The molecule has 0 bridgehead atoms. The van der Waals surface area contributed by atoms with Gasteiger partial charge in [0.2, 0.25) is 0 Å². The molecule has 0 spiro atoms. The van der Waals surface area contributed by atoms with Gasteiger partial charge in [0.25, 0.3) is 11.6 Å². The molecular formula is C13H12FN3O4. The topological polar surface area (TPSA) is 96.5 Å². The van der Waals surface area contributed by atoms with Gasteiger partial charge in [-0.2, -0.15) is 5.26 Å². The SMILES string of the molecule is Cc1cc([N+](=O)[O-])cc(C(=O)N2CCOC(C#N)C2)c1F. The Balaban J connectivity index is 2.34. The van der Waals surface area contributed by atoms with Crippen molar-refractivity contribution < 1.29 is 18.8 Å². The monoisotopic (exact) mass is 293 g/mol. The van der Waals surface area contributed by atoms with Crippen molar-refractivity contribution in [3.05, 3.63) is 39.2 Å². The molecule has 1 atom stereocenters. The van der Waals surface area contributed by atoms with Crippen LogP contribution >= 0.6 is 0 Å². The summed E-state index contributed by atoms with van der Waals surface area (Å²) in [5, 5.41) is 19.6. The Bertz CT molecular complexity index is 641. The molecule has 0 N–H and O–H groups in total. The van der Waals surface area contributed by atoms with E-state index >= 15 is 0 Å². The van der Waals surface area contributed by atoms with E-state index in [2.05, 4.69) is 0 Å². The molecule has 0 saturated carbocycles. The maximum Gasteiger partial charge on any atom is 0.270 e. The normalized spacial score (nSPS) is 18.1. The molecular weight excluding hydrogens is 281 g/mol. The van der Waals surface area contributed by atoms with Gasteiger partial charge < -0.3 is 9.64 Å². The lowest BCUT2D eigenvalue weighted by atomic mass is 10.1. The Hall–Kier alpha value is -2.53. The summed E-state index contributed by atoms with van der Waals surface area (Å²) in [6, 6.07) is 3.87. The van der Waals surface area contributed by atoms with Crippen LogP contribution < -0.4 is 0 Å². The van der Waals surface area contributed by atoms with Gasteiger partial charge in [-0.25, -0.2) is 4.39 Å². The quantitative estimate of drug-likeness (QED) is 0.606. The molecule has 0 aliphatic carbocycles. The summed E-state index contributed by atoms with van der Waals surface area (Å²) in [4.78, 5) is 23.7.